The third kappa shape index (κ3) is 2.78. The Kier molecular flexibility index (Phi) is 3.92. The number of hydrogen-bond donors (Lipinski definition) is 1. The van der Waals surface area contributed by atoms with Crippen molar-refractivity contribution >= 4 is 15.9 Å². The molecule has 2 aliphatic heterocycles. The van der Waals surface area contributed by atoms with Gasteiger partial charge >= 0.3 is 0 Å². The van der Waals surface area contributed by atoms with Gasteiger partial charge in [0.2, 0.25) is 15.9 Å². The van der Waals surface area contributed by atoms with Crippen molar-refractivity contribution in [3.05, 3.63) is 24.5 Å². The molecule has 7 nitrogen and oxygen atoms in total. The highest BCUT2D eigenvalue weighted by Gasteiger charge is 2.40. The maximum absolute atomic E-state index is 12.6. The van der Waals surface area contributed by atoms with Crippen molar-refractivity contribution in [2.24, 2.45) is 5.92 Å². The van der Waals surface area contributed by atoms with Crippen LogP contribution in [0.15, 0.2) is 29.4 Å². The second-order valence-electron chi connectivity index (χ2n) is 5.15. The monoisotopic (exact) mass is 311 g/mol. The van der Waals surface area contributed by atoms with E-state index in [1.54, 1.807) is 6.07 Å². The number of aromatic nitrogens is 1. The van der Waals surface area contributed by atoms with Gasteiger partial charge in [0.1, 0.15) is 4.90 Å². The number of amides is 1. The maximum Gasteiger partial charge on any atom is 0.244 e. The molecule has 0 aromatic carbocycles. The number of ether oxygens (including phenoxy) is 1. The Morgan fingerprint density at radius 2 is 2.29 bits per heavy atom. The van der Waals surface area contributed by atoms with E-state index in [0.717, 1.165) is 0 Å². The minimum absolute atomic E-state index is 0.0454. The van der Waals surface area contributed by atoms with Gasteiger partial charge in [0.05, 0.1) is 18.6 Å². The predicted octanol–water partition coefficient (Wildman–Crippen LogP) is -0.393. The summed E-state index contributed by atoms with van der Waals surface area (Å²) in [4.78, 5) is 15.9. The number of sulfonamides is 1. The number of nitrogens with zero attached hydrogens (tertiary/aromatic N) is 2. The van der Waals surface area contributed by atoms with Gasteiger partial charge in [-0.05, 0) is 18.6 Å². The fraction of sp³-hybridized carbons (Fsp3) is 0.538. The molecule has 1 amide bonds. The predicted molar refractivity (Wildman–Crippen MR) is 73.9 cm³/mol. The largest absolute Gasteiger partial charge is 0.374 e. The quantitative estimate of drug-likeness (QED) is 0.803. The molecule has 2 atom stereocenters. The molecule has 3 heterocycles. The second kappa shape index (κ2) is 5.70. The molecule has 1 N–H and O–H groups in total. The topological polar surface area (TPSA) is 88.6 Å². The molecule has 0 unspecified atom stereocenters. The number of carbonyl (C=O) groups excluding carboxylic acids is 1. The average Bonchev–Trinajstić information content (AvgIpc) is 2.69. The zero-order valence-electron chi connectivity index (χ0n) is 11.4. The number of nitrogens with one attached hydrogen (secondary N) is 1. The van der Waals surface area contributed by atoms with E-state index in [9.17, 15) is 13.2 Å². The Morgan fingerprint density at radius 1 is 1.43 bits per heavy atom. The Labute approximate surface area is 123 Å². The Balaban J connectivity index is 1.81. The Morgan fingerprint density at radius 3 is 3.05 bits per heavy atom. The summed E-state index contributed by atoms with van der Waals surface area (Å²) in [6, 6.07) is 3.12. The minimum atomic E-state index is -3.58. The number of fused-ring (bicyclic) bond motifs is 1. The van der Waals surface area contributed by atoms with E-state index < -0.39 is 10.0 Å². The van der Waals surface area contributed by atoms with Crippen molar-refractivity contribution in [3.8, 4) is 0 Å². The maximum atomic E-state index is 12.6. The molecular weight excluding hydrogens is 294 g/mol. The normalized spacial score (nSPS) is 27.5. The zero-order chi connectivity index (χ0) is 14.9. The van der Waals surface area contributed by atoms with Crippen LogP contribution in [0.1, 0.15) is 6.42 Å². The van der Waals surface area contributed by atoms with Crippen LogP contribution in [0.25, 0.3) is 0 Å². The van der Waals surface area contributed by atoms with Crippen LogP contribution in [0.3, 0.4) is 0 Å². The summed E-state index contributed by atoms with van der Waals surface area (Å²) in [7, 11) is -3.58. The Bertz CT molecular complexity index is 620. The molecule has 0 aliphatic carbocycles. The molecule has 114 valence electrons. The summed E-state index contributed by atoms with van der Waals surface area (Å²) in [6.07, 6.45) is 2.95. The first kappa shape index (κ1) is 14.4. The number of hydrogen-bond acceptors (Lipinski definition) is 5. The van der Waals surface area contributed by atoms with Gasteiger partial charge in [-0.1, -0.05) is 0 Å². The van der Waals surface area contributed by atoms with Crippen LogP contribution in [0.4, 0.5) is 0 Å². The van der Waals surface area contributed by atoms with E-state index in [0.29, 0.717) is 26.1 Å². The summed E-state index contributed by atoms with van der Waals surface area (Å²) in [6.45, 7) is 1.40. The van der Waals surface area contributed by atoms with Crippen molar-refractivity contribution in [1.29, 1.82) is 0 Å². The van der Waals surface area contributed by atoms with Crippen LogP contribution in [0.5, 0.6) is 0 Å². The van der Waals surface area contributed by atoms with Crippen LogP contribution in [-0.4, -0.2) is 56.0 Å². The van der Waals surface area contributed by atoms with Crippen LogP contribution >= 0.6 is 0 Å². The third-order valence-corrected chi connectivity index (χ3v) is 5.71. The molecule has 2 saturated heterocycles. The molecule has 2 aliphatic rings. The van der Waals surface area contributed by atoms with E-state index >= 15 is 0 Å². The standard InChI is InChI=1S/C13H17N3O4S/c17-13-11-3-6-16(9-12(11)20-7-5-15-13)21(18,19)10-2-1-4-14-8-10/h1-2,4,8,11-12H,3,5-7,9H2,(H,15,17)/t11-,12+/m1/s1. The van der Waals surface area contributed by atoms with Crippen molar-refractivity contribution < 1.29 is 17.9 Å². The lowest BCUT2D eigenvalue weighted by atomic mass is 9.94. The first-order valence-corrected chi connectivity index (χ1v) is 8.32. The van der Waals surface area contributed by atoms with E-state index in [2.05, 4.69) is 10.3 Å². The average molecular weight is 311 g/mol. The lowest BCUT2D eigenvalue weighted by Crippen LogP contribution is -2.50. The molecule has 0 radical (unpaired) electrons. The van der Waals surface area contributed by atoms with Gasteiger partial charge in [-0.3, -0.25) is 9.78 Å². The van der Waals surface area contributed by atoms with Crippen LogP contribution in [-0.2, 0) is 19.6 Å². The zero-order valence-corrected chi connectivity index (χ0v) is 12.3. The van der Waals surface area contributed by atoms with Crippen molar-refractivity contribution in [2.45, 2.75) is 17.4 Å². The minimum Gasteiger partial charge on any atom is -0.374 e. The van der Waals surface area contributed by atoms with Gasteiger partial charge in [0.15, 0.2) is 0 Å². The second-order valence-corrected chi connectivity index (χ2v) is 7.09. The van der Waals surface area contributed by atoms with Gasteiger partial charge in [0.25, 0.3) is 0 Å². The van der Waals surface area contributed by atoms with Crippen LogP contribution in [0, 0.1) is 5.92 Å². The summed E-state index contributed by atoms with van der Waals surface area (Å²) in [5.41, 5.74) is 0. The summed E-state index contributed by atoms with van der Waals surface area (Å²) >= 11 is 0. The smallest absolute Gasteiger partial charge is 0.244 e. The van der Waals surface area contributed by atoms with Crippen molar-refractivity contribution in [3.63, 3.8) is 0 Å². The number of pyridine rings is 1. The van der Waals surface area contributed by atoms with Gasteiger partial charge < -0.3 is 10.1 Å². The van der Waals surface area contributed by atoms with Crippen molar-refractivity contribution in [1.82, 2.24) is 14.6 Å². The lowest BCUT2D eigenvalue weighted by Gasteiger charge is -2.35. The van der Waals surface area contributed by atoms with E-state index in [1.807, 2.05) is 0 Å². The molecule has 1 aromatic rings. The highest BCUT2D eigenvalue weighted by Crippen LogP contribution is 2.26. The molecular formula is C13H17N3O4S. The lowest BCUT2D eigenvalue weighted by molar-refractivity contribution is -0.129. The number of rotatable bonds is 2. The van der Waals surface area contributed by atoms with E-state index in [4.69, 9.17) is 4.74 Å². The summed E-state index contributed by atoms with van der Waals surface area (Å²) < 4.78 is 32.1. The fourth-order valence-corrected chi connectivity index (χ4v) is 4.17. The molecule has 0 spiro atoms. The number of carbonyl (C=O) groups is 1. The fourth-order valence-electron chi connectivity index (χ4n) is 2.74. The Hall–Kier alpha value is -1.51. The molecule has 1 aromatic heterocycles. The van der Waals surface area contributed by atoms with Crippen LogP contribution in [0.2, 0.25) is 0 Å². The van der Waals surface area contributed by atoms with E-state index in [-0.39, 0.29) is 29.4 Å². The highest BCUT2D eigenvalue weighted by molar-refractivity contribution is 7.89. The highest BCUT2D eigenvalue weighted by atomic mass is 32.2. The van der Waals surface area contributed by atoms with Gasteiger partial charge in [-0.15, -0.1) is 0 Å². The molecule has 2 fully saturated rings. The third-order valence-electron chi connectivity index (χ3n) is 3.86. The molecule has 8 heteroatoms. The van der Waals surface area contributed by atoms with Gasteiger partial charge in [0, 0.05) is 32.0 Å². The molecule has 0 saturated carbocycles. The van der Waals surface area contributed by atoms with E-state index in [1.165, 1.54) is 22.8 Å². The van der Waals surface area contributed by atoms with Crippen LogP contribution < -0.4 is 5.32 Å². The number of piperidine rings is 1. The summed E-state index contributed by atoms with van der Waals surface area (Å²) in [5.74, 6) is -0.316. The SMILES string of the molecule is O=C1NCCO[C@H]2CN(S(=O)(=O)c3cccnc3)CC[C@@H]12. The first-order valence-electron chi connectivity index (χ1n) is 6.88. The van der Waals surface area contributed by atoms with Gasteiger partial charge in [-0.25, -0.2) is 8.42 Å². The molecule has 0 bridgehead atoms. The molecule has 3 rings (SSSR count). The van der Waals surface area contributed by atoms with Crippen molar-refractivity contribution in [2.75, 3.05) is 26.2 Å². The van der Waals surface area contributed by atoms with Gasteiger partial charge in [-0.2, -0.15) is 4.31 Å². The first-order chi connectivity index (χ1) is 10.1. The summed E-state index contributed by atoms with van der Waals surface area (Å²) in [5, 5.41) is 2.79. The molecule has 21 heavy (non-hydrogen) atoms.